The Bertz CT molecular complexity index is 942. The van der Waals surface area contributed by atoms with E-state index in [1.807, 2.05) is 54.9 Å². The maximum atomic E-state index is 12.4. The van der Waals surface area contributed by atoms with E-state index < -0.39 is 0 Å². The number of pyridine rings is 1. The molecule has 26 heavy (non-hydrogen) atoms. The van der Waals surface area contributed by atoms with Crippen molar-refractivity contribution >= 4 is 5.91 Å². The Labute approximate surface area is 152 Å². The van der Waals surface area contributed by atoms with Crippen LogP contribution < -0.4 is 0 Å². The fourth-order valence-corrected chi connectivity index (χ4v) is 3.63. The zero-order valence-corrected chi connectivity index (χ0v) is 15.2. The van der Waals surface area contributed by atoms with Gasteiger partial charge in [0.05, 0.1) is 29.8 Å². The SMILES string of the molecule is Cc1nn(C)c(C)c1-c1cnc([C@H]2CC(=O)N(Cc3ccccn3)C2)[nH]1. The van der Waals surface area contributed by atoms with Crippen LogP contribution in [0, 0.1) is 13.8 Å². The molecule has 0 spiro atoms. The summed E-state index contributed by atoms with van der Waals surface area (Å²) in [4.78, 5) is 26.5. The van der Waals surface area contributed by atoms with Crippen LogP contribution in [0.5, 0.6) is 0 Å². The predicted molar refractivity (Wildman–Crippen MR) is 97.3 cm³/mol. The fraction of sp³-hybridized carbons (Fsp3) is 0.368. The van der Waals surface area contributed by atoms with Crippen molar-refractivity contribution in [2.24, 2.45) is 7.05 Å². The van der Waals surface area contributed by atoms with Gasteiger partial charge in [-0.1, -0.05) is 6.07 Å². The van der Waals surface area contributed by atoms with Gasteiger partial charge < -0.3 is 9.88 Å². The summed E-state index contributed by atoms with van der Waals surface area (Å²) in [5.41, 5.74) is 5.01. The molecule has 0 bridgehead atoms. The largest absolute Gasteiger partial charge is 0.342 e. The highest BCUT2D eigenvalue weighted by Gasteiger charge is 2.32. The first-order chi connectivity index (χ1) is 12.5. The highest BCUT2D eigenvalue weighted by Crippen LogP contribution is 2.30. The summed E-state index contributed by atoms with van der Waals surface area (Å²) in [6, 6.07) is 5.77. The Kier molecular flexibility index (Phi) is 4.06. The van der Waals surface area contributed by atoms with E-state index >= 15 is 0 Å². The van der Waals surface area contributed by atoms with E-state index in [2.05, 4.69) is 20.1 Å². The molecular weight excluding hydrogens is 328 g/mol. The van der Waals surface area contributed by atoms with Crippen molar-refractivity contribution in [1.29, 1.82) is 0 Å². The number of hydrogen-bond acceptors (Lipinski definition) is 4. The number of carbonyl (C=O) groups is 1. The highest BCUT2D eigenvalue weighted by atomic mass is 16.2. The van der Waals surface area contributed by atoms with Gasteiger partial charge in [0.2, 0.25) is 5.91 Å². The smallest absolute Gasteiger partial charge is 0.223 e. The second-order valence-corrected chi connectivity index (χ2v) is 6.85. The number of aryl methyl sites for hydroxylation is 2. The van der Waals surface area contributed by atoms with Crippen molar-refractivity contribution in [2.75, 3.05) is 6.54 Å². The highest BCUT2D eigenvalue weighted by molar-refractivity contribution is 5.79. The first-order valence-corrected chi connectivity index (χ1v) is 8.76. The maximum absolute atomic E-state index is 12.4. The van der Waals surface area contributed by atoms with Crippen molar-refractivity contribution in [3.8, 4) is 11.3 Å². The van der Waals surface area contributed by atoms with E-state index in [0.29, 0.717) is 19.5 Å². The minimum atomic E-state index is 0.0808. The number of amides is 1. The second-order valence-electron chi connectivity index (χ2n) is 6.85. The molecule has 0 aliphatic carbocycles. The zero-order chi connectivity index (χ0) is 18.3. The number of imidazole rings is 1. The molecule has 3 aromatic heterocycles. The van der Waals surface area contributed by atoms with Crippen molar-refractivity contribution in [3.63, 3.8) is 0 Å². The number of aromatic amines is 1. The molecule has 7 heteroatoms. The molecule has 4 heterocycles. The third-order valence-corrected chi connectivity index (χ3v) is 5.05. The molecule has 4 rings (SSSR count). The van der Waals surface area contributed by atoms with E-state index in [9.17, 15) is 4.79 Å². The molecule has 1 aliphatic heterocycles. The van der Waals surface area contributed by atoms with E-state index in [1.165, 1.54) is 0 Å². The lowest BCUT2D eigenvalue weighted by atomic mass is 10.1. The first-order valence-electron chi connectivity index (χ1n) is 8.76. The Morgan fingerprint density at radius 2 is 2.12 bits per heavy atom. The molecule has 1 aliphatic rings. The molecule has 1 N–H and O–H groups in total. The molecule has 0 radical (unpaired) electrons. The minimum Gasteiger partial charge on any atom is -0.342 e. The van der Waals surface area contributed by atoms with Gasteiger partial charge in [0.25, 0.3) is 0 Å². The van der Waals surface area contributed by atoms with Gasteiger partial charge in [-0.25, -0.2) is 4.98 Å². The van der Waals surface area contributed by atoms with E-state index in [-0.39, 0.29) is 11.8 Å². The van der Waals surface area contributed by atoms with Crippen molar-refractivity contribution < 1.29 is 4.79 Å². The van der Waals surface area contributed by atoms with Crippen LogP contribution in [0.25, 0.3) is 11.3 Å². The lowest BCUT2D eigenvalue weighted by Crippen LogP contribution is -2.24. The average Bonchev–Trinajstić information content (AvgIpc) is 3.29. The van der Waals surface area contributed by atoms with Crippen molar-refractivity contribution in [3.05, 3.63) is 53.5 Å². The molecule has 1 saturated heterocycles. The molecule has 1 fully saturated rings. The van der Waals surface area contributed by atoms with Crippen LogP contribution in [0.2, 0.25) is 0 Å². The molecule has 134 valence electrons. The Morgan fingerprint density at radius 1 is 1.27 bits per heavy atom. The number of aromatic nitrogens is 5. The predicted octanol–water partition coefficient (Wildman–Crippen LogP) is 2.34. The molecule has 1 atom stereocenters. The normalized spacial score (nSPS) is 17.3. The van der Waals surface area contributed by atoms with Gasteiger partial charge in [0.1, 0.15) is 5.82 Å². The number of nitrogens with one attached hydrogen (secondary N) is 1. The maximum Gasteiger partial charge on any atom is 0.223 e. The summed E-state index contributed by atoms with van der Waals surface area (Å²) in [6.07, 6.45) is 4.08. The Hall–Kier alpha value is -2.96. The van der Waals surface area contributed by atoms with Crippen LogP contribution in [-0.4, -0.2) is 42.1 Å². The van der Waals surface area contributed by atoms with E-state index in [0.717, 1.165) is 34.2 Å². The first kappa shape index (κ1) is 16.5. The topological polar surface area (TPSA) is 79.7 Å². The van der Waals surface area contributed by atoms with Crippen LogP contribution in [0.1, 0.15) is 35.2 Å². The molecule has 1 amide bonds. The molecule has 0 aromatic carbocycles. The van der Waals surface area contributed by atoms with Crippen LogP contribution in [0.3, 0.4) is 0 Å². The lowest BCUT2D eigenvalue weighted by Gasteiger charge is -2.15. The molecular formula is C19H22N6O. The summed E-state index contributed by atoms with van der Waals surface area (Å²) in [7, 11) is 1.94. The molecule has 0 saturated carbocycles. The summed E-state index contributed by atoms with van der Waals surface area (Å²) >= 11 is 0. The molecule has 0 unspecified atom stereocenters. The summed E-state index contributed by atoms with van der Waals surface area (Å²) in [5, 5.41) is 4.46. The summed E-state index contributed by atoms with van der Waals surface area (Å²) in [5.74, 6) is 1.09. The van der Waals surface area contributed by atoms with Gasteiger partial charge in [-0.15, -0.1) is 0 Å². The number of hydrogen-bond donors (Lipinski definition) is 1. The third kappa shape index (κ3) is 2.89. The molecule has 7 nitrogen and oxygen atoms in total. The average molecular weight is 350 g/mol. The number of likely N-dealkylation sites (tertiary alicyclic amines) is 1. The van der Waals surface area contributed by atoms with Gasteiger partial charge in [-0.05, 0) is 26.0 Å². The summed E-state index contributed by atoms with van der Waals surface area (Å²) in [6.45, 7) is 5.25. The van der Waals surface area contributed by atoms with E-state index in [4.69, 9.17) is 0 Å². The van der Waals surface area contributed by atoms with E-state index in [1.54, 1.807) is 6.20 Å². The number of rotatable bonds is 4. The Morgan fingerprint density at radius 3 is 2.81 bits per heavy atom. The van der Waals surface area contributed by atoms with Gasteiger partial charge in [0, 0.05) is 43.4 Å². The molecule has 3 aromatic rings. The van der Waals surface area contributed by atoms with Crippen LogP contribution in [0.4, 0.5) is 0 Å². The quantitative estimate of drug-likeness (QED) is 0.783. The fourth-order valence-electron chi connectivity index (χ4n) is 3.63. The summed E-state index contributed by atoms with van der Waals surface area (Å²) < 4.78 is 1.87. The monoisotopic (exact) mass is 350 g/mol. The standard InChI is InChI=1S/C19H22N6O/c1-12-18(13(2)24(3)23-12)16-9-21-19(22-16)14-8-17(26)25(10-14)11-15-6-4-5-7-20-15/h4-7,9,14H,8,10-11H2,1-3H3,(H,21,22)/t14-/m0/s1. The zero-order valence-electron chi connectivity index (χ0n) is 15.2. The van der Waals surface area contributed by atoms with Crippen molar-refractivity contribution in [1.82, 2.24) is 29.6 Å². The van der Waals surface area contributed by atoms with Gasteiger partial charge in [0.15, 0.2) is 0 Å². The van der Waals surface area contributed by atoms with Gasteiger partial charge >= 0.3 is 0 Å². The third-order valence-electron chi connectivity index (χ3n) is 5.05. The number of carbonyl (C=O) groups excluding carboxylic acids is 1. The number of nitrogens with zero attached hydrogens (tertiary/aromatic N) is 5. The van der Waals surface area contributed by atoms with Crippen LogP contribution in [0.15, 0.2) is 30.6 Å². The van der Waals surface area contributed by atoms with Crippen LogP contribution >= 0.6 is 0 Å². The van der Waals surface area contributed by atoms with Crippen molar-refractivity contribution in [2.45, 2.75) is 32.7 Å². The Balaban J connectivity index is 1.52. The minimum absolute atomic E-state index is 0.0808. The second kappa shape index (κ2) is 6.40. The van der Waals surface area contributed by atoms with Gasteiger partial charge in [-0.3, -0.25) is 14.5 Å². The number of H-pyrrole nitrogens is 1. The van der Waals surface area contributed by atoms with Crippen LogP contribution in [-0.2, 0) is 18.4 Å². The lowest BCUT2D eigenvalue weighted by molar-refractivity contribution is -0.128. The van der Waals surface area contributed by atoms with Gasteiger partial charge in [-0.2, -0.15) is 5.10 Å².